The van der Waals surface area contributed by atoms with Crippen molar-refractivity contribution in [3.63, 3.8) is 0 Å². The van der Waals surface area contributed by atoms with E-state index in [2.05, 4.69) is 14.5 Å². The van der Waals surface area contributed by atoms with Crippen molar-refractivity contribution in [2.24, 2.45) is 0 Å². The minimum absolute atomic E-state index is 0.113. The first-order chi connectivity index (χ1) is 7.62. The molecule has 0 N–H and O–H groups in total. The lowest BCUT2D eigenvalue weighted by atomic mass is 10.1. The number of hydrogen-bond acceptors (Lipinski definition) is 5. The Balaban J connectivity index is 3.20. The molecule has 0 fully saturated rings. The minimum Gasteiger partial charge on any atom is -0.464 e. The van der Waals surface area contributed by atoms with Crippen LogP contribution in [-0.2, 0) is 15.9 Å². The maximum atomic E-state index is 11.3. The average molecular weight is 223 g/mol. The molecule has 5 heteroatoms. The van der Waals surface area contributed by atoms with Gasteiger partial charge in [-0.15, -0.1) is 0 Å². The summed E-state index contributed by atoms with van der Waals surface area (Å²) in [4.78, 5) is 26.5. The summed E-state index contributed by atoms with van der Waals surface area (Å²) in [5, 5.41) is 0. The van der Waals surface area contributed by atoms with Gasteiger partial charge in [0.05, 0.1) is 14.2 Å². The molecular formula is C11H13NO4. The van der Waals surface area contributed by atoms with Gasteiger partial charge in [-0.3, -0.25) is 0 Å². The van der Waals surface area contributed by atoms with E-state index < -0.39 is 11.9 Å². The molecule has 0 aliphatic heterocycles. The van der Waals surface area contributed by atoms with Gasteiger partial charge in [0.2, 0.25) is 0 Å². The summed E-state index contributed by atoms with van der Waals surface area (Å²) in [7, 11) is 2.53. The molecule has 0 aromatic carbocycles. The number of pyridine rings is 1. The summed E-state index contributed by atoms with van der Waals surface area (Å²) in [6.45, 7) is 1.91. The maximum Gasteiger partial charge on any atom is 0.356 e. The van der Waals surface area contributed by atoms with Gasteiger partial charge >= 0.3 is 11.9 Å². The fraction of sp³-hybridized carbons (Fsp3) is 0.364. The van der Waals surface area contributed by atoms with Crippen LogP contribution < -0.4 is 0 Å². The fourth-order valence-electron chi connectivity index (χ4n) is 1.21. The van der Waals surface area contributed by atoms with Gasteiger partial charge in [0, 0.05) is 0 Å². The first-order valence-electron chi connectivity index (χ1n) is 4.80. The molecule has 86 valence electrons. The number of rotatable bonds is 3. The molecule has 5 nitrogen and oxygen atoms in total. The van der Waals surface area contributed by atoms with Crippen molar-refractivity contribution in [3.8, 4) is 0 Å². The topological polar surface area (TPSA) is 65.5 Å². The van der Waals surface area contributed by atoms with E-state index in [9.17, 15) is 9.59 Å². The third-order valence-corrected chi connectivity index (χ3v) is 2.08. The average Bonchev–Trinajstić information content (AvgIpc) is 2.35. The smallest absolute Gasteiger partial charge is 0.356 e. The molecule has 0 aliphatic rings. The van der Waals surface area contributed by atoms with Crippen LogP contribution in [-0.4, -0.2) is 31.1 Å². The highest BCUT2D eigenvalue weighted by atomic mass is 16.5. The number of carbonyl (C=O) groups excluding carboxylic acids is 2. The van der Waals surface area contributed by atoms with Gasteiger partial charge in [0.1, 0.15) is 11.4 Å². The number of aryl methyl sites for hydroxylation is 1. The van der Waals surface area contributed by atoms with E-state index in [1.807, 2.05) is 6.92 Å². The third-order valence-electron chi connectivity index (χ3n) is 2.08. The summed E-state index contributed by atoms with van der Waals surface area (Å²) in [6.07, 6.45) is 0.691. The number of esters is 2. The van der Waals surface area contributed by atoms with Crippen molar-refractivity contribution < 1.29 is 19.1 Å². The SMILES string of the molecule is CCc1cc(C(=O)OC)nc(C(=O)OC)c1. The van der Waals surface area contributed by atoms with Crippen molar-refractivity contribution in [1.29, 1.82) is 0 Å². The molecule has 0 unspecified atom stereocenters. The van der Waals surface area contributed by atoms with Crippen molar-refractivity contribution >= 4 is 11.9 Å². The molecule has 1 rings (SSSR count). The van der Waals surface area contributed by atoms with Crippen LogP contribution in [0.25, 0.3) is 0 Å². The van der Waals surface area contributed by atoms with E-state index in [-0.39, 0.29) is 11.4 Å². The minimum atomic E-state index is -0.569. The summed E-state index contributed by atoms with van der Waals surface area (Å²) in [5.74, 6) is -1.14. The molecule has 0 bridgehead atoms. The second-order valence-electron chi connectivity index (χ2n) is 3.08. The molecule has 1 aromatic rings. The summed E-state index contributed by atoms with van der Waals surface area (Å²) < 4.78 is 9.10. The van der Waals surface area contributed by atoms with Crippen LogP contribution in [0.5, 0.6) is 0 Å². The van der Waals surface area contributed by atoms with Gasteiger partial charge in [0.25, 0.3) is 0 Å². The van der Waals surface area contributed by atoms with E-state index in [4.69, 9.17) is 0 Å². The predicted octanol–water partition coefficient (Wildman–Crippen LogP) is 1.22. The van der Waals surface area contributed by atoms with Gasteiger partial charge in [-0.05, 0) is 24.1 Å². The van der Waals surface area contributed by atoms with E-state index in [1.54, 1.807) is 12.1 Å². The maximum absolute atomic E-state index is 11.3. The number of hydrogen-bond donors (Lipinski definition) is 0. The van der Waals surface area contributed by atoms with E-state index in [0.717, 1.165) is 5.56 Å². The van der Waals surface area contributed by atoms with Crippen molar-refractivity contribution in [3.05, 3.63) is 29.1 Å². The Morgan fingerprint density at radius 3 is 1.88 bits per heavy atom. The lowest BCUT2D eigenvalue weighted by Gasteiger charge is -2.05. The zero-order valence-electron chi connectivity index (χ0n) is 9.44. The zero-order valence-corrected chi connectivity index (χ0v) is 9.44. The summed E-state index contributed by atoms with van der Waals surface area (Å²) in [5.41, 5.74) is 1.06. The van der Waals surface area contributed by atoms with E-state index in [0.29, 0.717) is 6.42 Å². The second kappa shape index (κ2) is 5.25. The van der Waals surface area contributed by atoms with Crippen LogP contribution in [0.4, 0.5) is 0 Å². The molecule has 0 saturated carbocycles. The highest BCUT2D eigenvalue weighted by molar-refractivity contribution is 5.91. The molecule has 0 spiro atoms. The van der Waals surface area contributed by atoms with Crippen molar-refractivity contribution in [1.82, 2.24) is 4.98 Å². The lowest BCUT2D eigenvalue weighted by Crippen LogP contribution is -2.11. The normalized spacial score (nSPS) is 9.69. The number of aromatic nitrogens is 1. The van der Waals surface area contributed by atoms with E-state index in [1.165, 1.54) is 14.2 Å². The van der Waals surface area contributed by atoms with Crippen LogP contribution in [0.15, 0.2) is 12.1 Å². The Hall–Kier alpha value is -1.91. The number of methoxy groups -OCH3 is 2. The Morgan fingerprint density at radius 2 is 1.56 bits per heavy atom. The van der Waals surface area contributed by atoms with Crippen LogP contribution in [0, 0.1) is 0 Å². The zero-order chi connectivity index (χ0) is 12.1. The van der Waals surface area contributed by atoms with Gasteiger partial charge in [0.15, 0.2) is 0 Å². The van der Waals surface area contributed by atoms with Crippen LogP contribution in [0.1, 0.15) is 33.5 Å². The summed E-state index contributed by atoms with van der Waals surface area (Å²) >= 11 is 0. The molecule has 1 aromatic heterocycles. The first-order valence-corrected chi connectivity index (χ1v) is 4.80. The highest BCUT2D eigenvalue weighted by Crippen LogP contribution is 2.09. The van der Waals surface area contributed by atoms with Gasteiger partial charge in [-0.2, -0.15) is 0 Å². The molecule has 0 amide bonds. The van der Waals surface area contributed by atoms with Gasteiger partial charge < -0.3 is 9.47 Å². The van der Waals surface area contributed by atoms with Crippen molar-refractivity contribution in [2.45, 2.75) is 13.3 Å². The van der Waals surface area contributed by atoms with Crippen molar-refractivity contribution in [2.75, 3.05) is 14.2 Å². The Labute approximate surface area is 93.4 Å². The molecule has 1 heterocycles. The van der Waals surface area contributed by atoms with Crippen LogP contribution in [0.3, 0.4) is 0 Å². The highest BCUT2D eigenvalue weighted by Gasteiger charge is 2.14. The van der Waals surface area contributed by atoms with Crippen LogP contribution in [0.2, 0.25) is 0 Å². The largest absolute Gasteiger partial charge is 0.464 e. The second-order valence-corrected chi connectivity index (χ2v) is 3.08. The molecule has 0 atom stereocenters. The number of ether oxygens (including phenoxy) is 2. The molecule has 16 heavy (non-hydrogen) atoms. The monoisotopic (exact) mass is 223 g/mol. The fourth-order valence-corrected chi connectivity index (χ4v) is 1.21. The first kappa shape index (κ1) is 12.2. The lowest BCUT2D eigenvalue weighted by molar-refractivity contribution is 0.0585. The Kier molecular flexibility index (Phi) is 3.99. The quantitative estimate of drug-likeness (QED) is 0.721. The molecule has 0 radical (unpaired) electrons. The predicted molar refractivity (Wildman–Crippen MR) is 56.3 cm³/mol. The summed E-state index contributed by atoms with van der Waals surface area (Å²) in [6, 6.07) is 3.19. The molecular weight excluding hydrogens is 210 g/mol. The van der Waals surface area contributed by atoms with Crippen LogP contribution >= 0.6 is 0 Å². The third kappa shape index (κ3) is 2.56. The number of nitrogens with zero attached hydrogens (tertiary/aromatic N) is 1. The standard InChI is InChI=1S/C11H13NO4/c1-4-7-5-8(10(13)15-2)12-9(6-7)11(14)16-3/h5-6H,4H2,1-3H3. The van der Waals surface area contributed by atoms with Gasteiger partial charge in [-0.1, -0.05) is 6.92 Å². The number of carbonyl (C=O) groups is 2. The Morgan fingerprint density at radius 1 is 1.12 bits per heavy atom. The van der Waals surface area contributed by atoms with Gasteiger partial charge in [-0.25, -0.2) is 14.6 Å². The van der Waals surface area contributed by atoms with E-state index >= 15 is 0 Å². The molecule has 0 saturated heterocycles. The molecule has 0 aliphatic carbocycles. The Bertz CT molecular complexity index is 380.